The van der Waals surface area contributed by atoms with Gasteiger partial charge < -0.3 is 14.7 Å². The Morgan fingerprint density at radius 2 is 2.10 bits per heavy atom. The summed E-state index contributed by atoms with van der Waals surface area (Å²) in [6, 6.07) is 4.44. The molecule has 1 aliphatic rings. The van der Waals surface area contributed by atoms with Gasteiger partial charge in [0.2, 0.25) is 0 Å². The number of piperidine rings is 1. The van der Waals surface area contributed by atoms with E-state index in [0.717, 1.165) is 12.8 Å². The highest BCUT2D eigenvalue weighted by Crippen LogP contribution is 2.24. The first-order valence-corrected chi connectivity index (χ1v) is 6.50. The van der Waals surface area contributed by atoms with Gasteiger partial charge in [0.1, 0.15) is 11.4 Å². The van der Waals surface area contributed by atoms with Crippen LogP contribution in [0, 0.1) is 0 Å². The van der Waals surface area contributed by atoms with Gasteiger partial charge in [0.25, 0.3) is 5.91 Å². The fourth-order valence-corrected chi connectivity index (χ4v) is 2.38. The molecule has 0 aliphatic carbocycles. The number of carboxylic acids is 1. The summed E-state index contributed by atoms with van der Waals surface area (Å²) in [5, 5.41) is 8.92. The minimum absolute atomic E-state index is 0.123. The lowest BCUT2D eigenvalue weighted by Gasteiger charge is -2.39. The number of ether oxygens (including phenoxy) is 1. The largest absolute Gasteiger partial charge is 0.477 e. The third-order valence-electron chi connectivity index (χ3n) is 3.63. The van der Waals surface area contributed by atoms with Gasteiger partial charge in [0.05, 0.1) is 5.60 Å². The molecule has 1 amide bonds. The van der Waals surface area contributed by atoms with Crippen LogP contribution in [-0.4, -0.2) is 52.7 Å². The van der Waals surface area contributed by atoms with E-state index in [1.807, 2.05) is 6.92 Å². The molecule has 1 N–H and O–H groups in total. The number of hydrogen-bond donors (Lipinski definition) is 1. The van der Waals surface area contributed by atoms with Gasteiger partial charge in [-0.15, -0.1) is 0 Å². The summed E-state index contributed by atoms with van der Waals surface area (Å²) in [6.45, 7) is 3.09. The van der Waals surface area contributed by atoms with E-state index in [1.54, 1.807) is 12.0 Å². The molecule has 1 aromatic rings. The molecule has 2 rings (SSSR count). The molecule has 2 heterocycles. The Hall–Kier alpha value is -1.95. The number of aromatic nitrogens is 1. The summed E-state index contributed by atoms with van der Waals surface area (Å²) in [7, 11) is 1.64. The molecule has 1 unspecified atom stereocenters. The van der Waals surface area contributed by atoms with E-state index in [-0.39, 0.29) is 22.9 Å². The van der Waals surface area contributed by atoms with Crippen LogP contribution in [0.5, 0.6) is 0 Å². The SMILES string of the molecule is COC1(C)CCCN(C(=O)c2cccc(C(=O)O)n2)C1. The molecule has 0 saturated carbocycles. The molecular formula is C14H18N2O4. The number of pyridine rings is 1. The Kier molecular flexibility index (Phi) is 4.04. The first-order valence-electron chi connectivity index (χ1n) is 6.50. The minimum Gasteiger partial charge on any atom is -0.477 e. The number of nitrogens with zero attached hydrogens (tertiary/aromatic N) is 2. The number of methoxy groups -OCH3 is 1. The number of carbonyl (C=O) groups excluding carboxylic acids is 1. The molecule has 0 radical (unpaired) electrons. The second-order valence-corrected chi connectivity index (χ2v) is 5.20. The first-order chi connectivity index (χ1) is 9.45. The number of likely N-dealkylation sites (tertiary alicyclic amines) is 1. The molecule has 0 aromatic carbocycles. The van der Waals surface area contributed by atoms with Crippen molar-refractivity contribution in [2.24, 2.45) is 0 Å². The van der Waals surface area contributed by atoms with Crippen molar-refractivity contribution in [3.8, 4) is 0 Å². The maximum Gasteiger partial charge on any atom is 0.354 e. The number of rotatable bonds is 3. The van der Waals surface area contributed by atoms with Crippen molar-refractivity contribution >= 4 is 11.9 Å². The fraction of sp³-hybridized carbons (Fsp3) is 0.500. The van der Waals surface area contributed by atoms with Crippen molar-refractivity contribution in [1.82, 2.24) is 9.88 Å². The molecule has 1 atom stereocenters. The monoisotopic (exact) mass is 278 g/mol. The van der Waals surface area contributed by atoms with Crippen molar-refractivity contribution in [2.75, 3.05) is 20.2 Å². The van der Waals surface area contributed by atoms with Crippen molar-refractivity contribution in [2.45, 2.75) is 25.4 Å². The minimum atomic E-state index is -1.14. The zero-order valence-corrected chi connectivity index (χ0v) is 11.6. The van der Waals surface area contributed by atoms with Crippen LogP contribution in [0.4, 0.5) is 0 Å². The van der Waals surface area contributed by atoms with Gasteiger partial charge in [-0.25, -0.2) is 9.78 Å². The van der Waals surface area contributed by atoms with Crippen molar-refractivity contribution in [3.63, 3.8) is 0 Å². The van der Waals surface area contributed by atoms with E-state index in [2.05, 4.69) is 4.98 Å². The number of aromatic carboxylic acids is 1. The fourth-order valence-electron chi connectivity index (χ4n) is 2.38. The van der Waals surface area contributed by atoms with Crippen LogP contribution in [0.3, 0.4) is 0 Å². The van der Waals surface area contributed by atoms with Gasteiger partial charge in [0, 0.05) is 20.2 Å². The maximum atomic E-state index is 12.4. The normalized spacial score (nSPS) is 22.6. The van der Waals surface area contributed by atoms with Crippen LogP contribution < -0.4 is 0 Å². The molecule has 1 fully saturated rings. The lowest BCUT2D eigenvalue weighted by molar-refractivity contribution is -0.0441. The van der Waals surface area contributed by atoms with Crippen LogP contribution in [0.25, 0.3) is 0 Å². The molecular weight excluding hydrogens is 260 g/mol. The highest BCUT2D eigenvalue weighted by atomic mass is 16.5. The van der Waals surface area contributed by atoms with E-state index in [0.29, 0.717) is 13.1 Å². The van der Waals surface area contributed by atoms with Crippen molar-refractivity contribution < 1.29 is 19.4 Å². The topological polar surface area (TPSA) is 79.7 Å². The lowest BCUT2D eigenvalue weighted by Crippen LogP contribution is -2.49. The molecule has 1 saturated heterocycles. The summed E-state index contributed by atoms with van der Waals surface area (Å²) in [5.41, 5.74) is -0.314. The van der Waals surface area contributed by atoms with E-state index in [4.69, 9.17) is 9.84 Å². The first kappa shape index (κ1) is 14.5. The lowest BCUT2D eigenvalue weighted by atomic mass is 9.94. The zero-order valence-electron chi connectivity index (χ0n) is 11.6. The van der Waals surface area contributed by atoms with Crippen LogP contribution >= 0.6 is 0 Å². The third kappa shape index (κ3) is 2.96. The molecule has 108 valence electrons. The number of amides is 1. The van der Waals surface area contributed by atoms with Gasteiger partial charge in [-0.05, 0) is 31.9 Å². The molecule has 1 aliphatic heterocycles. The molecule has 1 aromatic heterocycles. The van der Waals surface area contributed by atoms with E-state index < -0.39 is 5.97 Å². The molecule has 6 heteroatoms. The Morgan fingerprint density at radius 1 is 1.40 bits per heavy atom. The standard InChI is InChI=1S/C14H18N2O4/c1-14(20-2)7-4-8-16(9-14)12(17)10-5-3-6-11(15-10)13(18)19/h3,5-6H,4,7-9H2,1-2H3,(H,18,19). The molecule has 6 nitrogen and oxygen atoms in total. The Labute approximate surface area is 117 Å². The summed E-state index contributed by atoms with van der Waals surface area (Å²) in [5.74, 6) is -1.39. The molecule has 0 spiro atoms. The second-order valence-electron chi connectivity index (χ2n) is 5.20. The van der Waals surface area contributed by atoms with Gasteiger partial charge in [-0.2, -0.15) is 0 Å². The second kappa shape index (κ2) is 5.58. The van der Waals surface area contributed by atoms with Crippen molar-refractivity contribution in [1.29, 1.82) is 0 Å². The van der Waals surface area contributed by atoms with Gasteiger partial charge >= 0.3 is 5.97 Å². The number of carboxylic acid groups (broad SMARTS) is 1. The summed E-state index contributed by atoms with van der Waals surface area (Å²) in [6.07, 6.45) is 1.75. The smallest absolute Gasteiger partial charge is 0.354 e. The average Bonchev–Trinajstić information content (AvgIpc) is 2.46. The van der Waals surface area contributed by atoms with Crippen LogP contribution in [0.2, 0.25) is 0 Å². The summed E-state index contributed by atoms with van der Waals surface area (Å²) >= 11 is 0. The highest BCUT2D eigenvalue weighted by molar-refractivity contribution is 5.94. The maximum absolute atomic E-state index is 12.4. The predicted molar refractivity (Wildman–Crippen MR) is 71.7 cm³/mol. The number of carbonyl (C=O) groups is 2. The summed E-state index contributed by atoms with van der Waals surface area (Å²) < 4.78 is 5.45. The average molecular weight is 278 g/mol. The van der Waals surface area contributed by atoms with Crippen LogP contribution in [0.1, 0.15) is 40.7 Å². The quantitative estimate of drug-likeness (QED) is 0.904. The van der Waals surface area contributed by atoms with Gasteiger partial charge in [0.15, 0.2) is 0 Å². The molecule has 0 bridgehead atoms. The highest BCUT2D eigenvalue weighted by Gasteiger charge is 2.33. The molecule has 20 heavy (non-hydrogen) atoms. The third-order valence-corrected chi connectivity index (χ3v) is 3.63. The Morgan fingerprint density at radius 3 is 2.75 bits per heavy atom. The Balaban J connectivity index is 2.19. The Bertz CT molecular complexity index is 532. The van der Waals surface area contributed by atoms with E-state index in [1.165, 1.54) is 18.2 Å². The van der Waals surface area contributed by atoms with Crippen LogP contribution in [0.15, 0.2) is 18.2 Å². The van der Waals surface area contributed by atoms with Crippen molar-refractivity contribution in [3.05, 3.63) is 29.6 Å². The zero-order chi connectivity index (χ0) is 14.8. The number of hydrogen-bond acceptors (Lipinski definition) is 4. The van der Waals surface area contributed by atoms with Gasteiger partial charge in [-0.1, -0.05) is 6.07 Å². The van der Waals surface area contributed by atoms with E-state index >= 15 is 0 Å². The van der Waals surface area contributed by atoms with E-state index in [9.17, 15) is 9.59 Å². The summed E-state index contributed by atoms with van der Waals surface area (Å²) in [4.78, 5) is 28.8. The van der Waals surface area contributed by atoms with Gasteiger partial charge in [-0.3, -0.25) is 4.79 Å². The predicted octanol–water partition coefficient (Wildman–Crippen LogP) is 1.42. The van der Waals surface area contributed by atoms with Crippen LogP contribution in [-0.2, 0) is 4.74 Å².